The first-order chi connectivity index (χ1) is 16.0. The zero-order valence-corrected chi connectivity index (χ0v) is 18.9. The minimum Gasteiger partial charge on any atom is -0.420 e. The summed E-state index contributed by atoms with van der Waals surface area (Å²) in [5, 5.41) is 14.8. The van der Waals surface area contributed by atoms with Crippen LogP contribution in [0.5, 0.6) is 5.75 Å². The lowest BCUT2D eigenvalue weighted by atomic mass is 10.0. The number of rotatable bonds is 8. The summed E-state index contributed by atoms with van der Waals surface area (Å²) in [5.74, 6) is -2.65. The Morgan fingerprint density at radius 3 is 2.44 bits per heavy atom. The molecule has 0 saturated carbocycles. The van der Waals surface area contributed by atoms with Crippen molar-refractivity contribution in [3.05, 3.63) is 65.4 Å². The molecule has 182 valence electrons. The van der Waals surface area contributed by atoms with Crippen molar-refractivity contribution in [3.8, 4) is 5.75 Å². The van der Waals surface area contributed by atoms with Gasteiger partial charge < -0.3 is 25.0 Å². The molecule has 10 heteroatoms. The van der Waals surface area contributed by atoms with E-state index in [9.17, 15) is 27.9 Å². The maximum Gasteiger partial charge on any atom is 0.491 e. The number of hydrogen-bond acceptors (Lipinski definition) is 5. The molecule has 0 aliphatic carbocycles. The number of fused-ring (bicyclic) bond motifs is 1. The van der Waals surface area contributed by atoms with Gasteiger partial charge in [0.05, 0.1) is 17.2 Å². The molecule has 0 fully saturated rings. The second-order valence-corrected chi connectivity index (χ2v) is 8.14. The Labute approximate surface area is 194 Å². The molecule has 0 bridgehead atoms. The number of para-hydroxylation sites is 1. The fourth-order valence-corrected chi connectivity index (χ4v) is 3.57. The Balaban J connectivity index is 1.58. The number of halogens is 3. The molecule has 0 spiro atoms. The largest absolute Gasteiger partial charge is 0.491 e. The number of carbonyl (C=O) groups excluding carboxylic acids is 2. The van der Waals surface area contributed by atoms with Crippen molar-refractivity contribution in [2.45, 2.75) is 31.7 Å². The molecule has 7 nitrogen and oxygen atoms in total. The third kappa shape index (κ3) is 5.75. The molecular weight excluding hydrogens is 451 g/mol. The van der Waals surface area contributed by atoms with E-state index >= 15 is 0 Å². The first-order valence-electron chi connectivity index (χ1n) is 10.6. The second kappa shape index (κ2) is 10.3. The van der Waals surface area contributed by atoms with E-state index in [2.05, 4.69) is 15.0 Å². The molecule has 3 aromatic rings. The van der Waals surface area contributed by atoms with Gasteiger partial charge in [-0.1, -0.05) is 24.3 Å². The third-order valence-corrected chi connectivity index (χ3v) is 5.44. The van der Waals surface area contributed by atoms with Crippen molar-refractivity contribution in [1.29, 1.82) is 0 Å². The Bertz CT molecular complexity index is 1160. The van der Waals surface area contributed by atoms with E-state index in [-0.39, 0.29) is 17.7 Å². The van der Waals surface area contributed by atoms with Crippen molar-refractivity contribution < 1.29 is 32.6 Å². The van der Waals surface area contributed by atoms with Crippen LogP contribution in [0.4, 0.5) is 13.2 Å². The van der Waals surface area contributed by atoms with Gasteiger partial charge in [-0.3, -0.25) is 4.79 Å². The van der Waals surface area contributed by atoms with E-state index in [4.69, 9.17) is 0 Å². The average molecular weight is 477 g/mol. The van der Waals surface area contributed by atoms with Gasteiger partial charge in [-0.15, -0.1) is 0 Å². The van der Waals surface area contributed by atoms with Gasteiger partial charge in [0.25, 0.3) is 5.91 Å². The summed E-state index contributed by atoms with van der Waals surface area (Å²) in [4.78, 5) is 28.0. The molecule has 2 aromatic carbocycles. The summed E-state index contributed by atoms with van der Waals surface area (Å²) in [7, 11) is 3.40. The summed E-state index contributed by atoms with van der Waals surface area (Å²) >= 11 is 0. The standard InChI is InChI=1S/C24H26F3N3O4/c1-14(21(31)15-7-9-17(10-8-15)34-23(33)24(25,26)27)28-12-11-16-13-29-20-18(16)5-4-6-19(20)22(32)30(2)3/h4-10,13-14,21,28-29,31H,11-12H2,1-3H3/t14-,21-/m0/s1. The maximum absolute atomic E-state index is 12.4. The van der Waals surface area contributed by atoms with Crippen LogP contribution >= 0.6 is 0 Å². The first kappa shape index (κ1) is 25.3. The van der Waals surface area contributed by atoms with Crippen LogP contribution in [0, 0.1) is 0 Å². The number of alkyl halides is 3. The predicted octanol–water partition coefficient (Wildman–Crippen LogP) is 3.59. The predicted molar refractivity (Wildman–Crippen MR) is 121 cm³/mol. The van der Waals surface area contributed by atoms with Crippen LogP contribution in [-0.2, 0) is 11.2 Å². The molecule has 1 amide bonds. The van der Waals surface area contributed by atoms with Gasteiger partial charge in [-0.2, -0.15) is 13.2 Å². The van der Waals surface area contributed by atoms with Gasteiger partial charge in [0.2, 0.25) is 0 Å². The highest BCUT2D eigenvalue weighted by atomic mass is 19.4. The Morgan fingerprint density at radius 2 is 1.82 bits per heavy atom. The minimum absolute atomic E-state index is 0.0898. The van der Waals surface area contributed by atoms with Gasteiger partial charge in [0, 0.05) is 31.7 Å². The normalized spacial score (nSPS) is 13.5. The molecule has 2 atom stereocenters. The van der Waals surface area contributed by atoms with Crippen molar-refractivity contribution in [2.24, 2.45) is 0 Å². The molecule has 3 rings (SSSR count). The molecule has 0 saturated heterocycles. The number of H-pyrrole nitrogens is 1. The monoisotopic (exact) mass is 477 g/mol. The van der Waals surface area contributed by atoms with E-state index in [0.29, 0.717) is 24.1 Å². The maximum atomic E-state index is 12.4. The van der Waals surface area contributed by atoms with E-state index in [1.165, 1.54) is 29.2 Å². The number of nitrogens with one attached hydrogen (secondary N) is 2. The zero-order valence-electron chi connectivity index (χ0n) is 18.9. The Hall–Kier alpha value is -3.37. The summed E-state index contributed by atoms with van der Waals surface area (Å²) in [6.07, 6.45) is -3.51. The van der Waals surface area contributed by atoms with Crippen LogP contribution in [0.1, 0.15) is 34.5 Å². The molecule has 0 aliphatic heterocycles. The SMILES string of the molecule is C[C@H](NCCc1c[nH]c2c(C(=O)N(C)C)cccc12)[C@H](O)c1ccc(OC(=O)C(F)(F)F)cc1. The number of ether oxygens (including phenoxy) is 1. The van der Waals surface area contributed by atoms with E-state index in [1.807, 2.05) is 18.3 Å². The van der Waals surface area contributed by atoms with Crippen molar-refractivity contribution >= 4 is 22.8 Å². The summed E-state index contributed by atoms with van der Waals surface area (Å²) in [6.45, 7) is 2.32. The summed E-state index contributed by atoms with van der Waals surface area (Å²) < 4.78 is 41.2. The molecular formula is C24H26F3N3O4. The van der Waals surface area contributed by atoms with Crippen molar-refractivity contribution in [1.82, 2.24) is 15.2 Å². The van der Waals surface area contributed by atoms with Crippen molar-refractivity contribution in [2.75, 3.05) is 20.6 Å². The summed E-state index contributed by atoms with van der Waals surface area (Å²) in [6, 6.07) is 10.4. The third-order valence-electron chi connectivity index (χ3n) is 5.44. The van der Waals surface area contributed by atoms with Crippen molar-refractivity contribution in [3.63, 3.8) is 0 Å². The highest BCUT2D eigenvalue weighted by molar-refractivity contribution is 6.06. The van der Waals surface area contributed by atoms with E-state index in [0.717, 1.165) is 16.5 Å². The van der Waals surface area contributed by atoms with E-state index < -0.39 is 18.2 Å². The number of amides is 1. The number of aromatic nitrogens is 1. The molecule has 0 unspecified atom stereocenters. The number of nitrogens with zero attached hydrogens (tertiary/aromatic N) is 1. The van der Waals surface area contributed by atoms with E-state index in [1.54, 1.807) is 27.1 Å². The number of benzene rings is 2. The molecule has 0 aliphatic rings. The lowest BCUT2D eigenvalue weighted by molar-refractivity contribution is -0.189. The summed E-state index contributed by atoms with van der Waals surface area (Å²) in [5.41, 5.74) is 2.85. The number of hydrogen-bond donors (Lipinski definition) is 3. The molecule has 3 N–H and O–H groups in total. The number of carbonyl (C=O) groups is 2. The van der Waals surface area contributed by atoms with Crippen LogP contribution in [0.3, 0.4) is 0 Å². The molecule has 1 aromatic heterocycles. The zero-order chi connectivity index (χ0) is 25.0. The van der Waals surface area contributed by atoms with Gasteiger partial charge in [0.1, 0.15) is 5.75 Å². The number of esters is 1. The van der Waals surface area contributed by atoms with Crippen LogP contribution in [0.15, 0.2) is 48.7 Å². The Kier molecular flexibility index (Phi) is 7.63. The van der Waals surface area contributed by atoms with Gasteiger partial charge in [-0.25, -0.2) is 4.79 Å². The molecule has 34 heavy (non-hydrogen) atoms. The fraction of sp³-hybridized carbons (Fsp3) is 0.333. The Morgan fingerprint density at radius 1 is 1.15 bits per heavy atom. The second-order valence-electron chi connectivity index (χ2n) is 8.14. The van der Waals surface area contributed by atoms with Gasteiger partial charge in [0.15, 0.2) is 0 Å². The minimum atomic E-state index is -5.08. The number of aromatic amines is 1. The lowest BCUT2D eigenvalue weighted by Crippen LogP contribution is -2.33. The van der Waals surface area contributed by atoms with Gasteiger partial charge >= 0.3 is 12.1 Å². The highest BCUT2D eigenvalue weighted by Gasteiger charge is 2.41. The fourth-order valence-electron chi connectivity index (χ4n) is 3.57. The van der Waals surface area contributed by atoms with Crippen LogP contribution in [0.25, 0.3) is 10.9 Å². The van der Waals surface area contributed by atoms with Crippen LogP contribution in [-0.4, -0.2) is 59.7 Å². The van der Waals surface area contributed by atoms with Crippen LogP contribution < -0.4 is 10.1 Å². The average Bonchev–Trinajstić information content (AvgIpc) is 3.21. The molecule has 1 heterocycles. The smallest absolute Gasteiger partial charge is 0.420 e. The van der Waals surface area contributed by atoms with Crippen LogP contribution in [0.2, 0.25) is 0 Å². The molecule has 0 radical (unpaired) electrons. The quantitative estimate of drug-likeness (QED) is 0.341. The lowest BCUT2D eigenvalue weighted by Gasteiger charge is -2.21. The number of aliphatic hydroxyl groups excluding tert-OH is 1. The topological polar surface area (TPSA) is 94.7 Å². The highest BCUT2D eigenvalue weighted by Crippen LogP contribution is 2.25. The van der Waals surface area contributed by atoms with Gasteiger partial charge in [-0.05, 0) is 49.2 Å². The first-order valence-corrected chi connectivity index (χ1v) is 10.6. The number of aliphatic hydroxyl groups is 1.